The number of nitrogens with two attached hydrogens (primary N) is 1. The summed E-state index contributed by atoms with van der Waals surface area (Å²) >= 11 is 0. The fourth-order valence-electron chi connectivity index (χ4n) is 2.45. The number of primary amides is 1. The molecule has 0 fully saturated rings. The molecule has 0 aliphatic heterocycles. The highest BCUT2D eigenvalue weighted by molar-refractivity contribution is 5.81. The Hall–Kier alpha value is -2.57. The van der Waals surface area contributed by atoms with E-state index in [2.05, 4.69) is 0 Å². The smallest absolute Gasteiger partial charge is 0.227 e. The molecule has 2 rings (SSSR count). The molecule has 0 bridgehead atoms. The van der Waals surface area contributed by atoms with Crippen LogP contribution in [0.5, 0.6) is 11.5 Å². The minimum absolute atomic E-state index is 0.144. The second-order valence-corrected chi connectivity index (χ2v) is 6.63. The van der Waals surface area contributed by atoms with Crippen LogP contribution in [0.1, 0.15) is 25.5 Å². The first-order chi connectivity index (χ1) is 12.9. The Morgan fingerprint density at radius 1 is 1.00 bits per heavy atom. The van der Waals surface area contributed by atoms with Crippen molar-refractivity contribution in [1.82, 2.24) is 0 Å². The molecule has 0 saturated heterocycles. The summed E-state index contributed by atoms with van der Waals surface area (Å²) in [5.74, 6) is 0.848. The SMILES string of the molecule is COCCOCOc1ccc(OC(c2ccccc2)C(C)(C)C(N)=O)cc1. The second-order valence-electron chi connectivity index (χ2n) is 6.63. The lowest BCUT2D eigenvalue weighted by atomic mass is 9.81. The summed E-state index contributed by atoms with van der Waals surface area (Å²) in [7, 11) is 1.62. The van der Waals surface area contributed by atoms with E-state index in [1.165, 1.54) is 0 Å². The molecular formula is C21H27NO5. The van der Waals surface area contributed by atoms with Gasteiger partial charge < -0.3 is 24.7 Å². The Labute approximate surface area is 160 Å². The minimum Gasteiger partial charge on any atom is -0.485 e. The lowest BCUT2D eigenvalue weighted by Crippen LogP contribution is -2.39. The van der Waals surface area contributed by atoms with E-state index in [1.807, 2.05) is 30.3 Å². The first-order valence-corrected chi connectivity index (χ1v) is 8.76. The molecule has 0 saturated carbocycles. The zero-order chi connectivity index (χ0) is 19.7. The Morgan fingerprint density at radius 2 is 1.63 bits per heavy atom. The summed E-state index contributed by atoms with van der Waals surface area (Å²) in [6, 6.07) is 16.7. The van der Waals surface area contributed by atoms with E-state index in [4.69, 9.17) is 24.7 Å². The van der Waals surface area contributed by atoms with Gasteiger partial charge in [-0.05, 0) is 43.7 Å². The van der Waals surface area contributed by atoms with Crippen LogP contribution in [0.3, 0.4) is 0 Å². The minimum atomic E-state index is -0.883. The van der Waals surface area contributed by atoms with Crippen LogP contribution < -0.4 is 15.2 Å². The molecule has 6 nitrogen and oxygen atoms in total. The molecule has 0 spiro atoms. The summed E-state index contributed by atoms with van der Waals surface area (Å²) in [6.45, 7) is 4.69. The van der Waals surface area contributed by atoms with Gasteiger partial charge in [0, 0.05) is 7.11 Å². The molecule has 0 heterocycles. The predicted molar refractivity (Wildman–Crippen MR) is 103 cm³/mol. The summed E-state index contributed by atoms with van der Waals surface area (Å²) < 4.78 is 21.8. The molecule has 1 atom stereocenters. The Morgan fingerprint density at radius 3 is 2.22 bits per heavy atom. The van der Waals surface area contributed by atoms with Gasteiger partial charge in [0.25, 0.3) is 0 Å². The molecule has 0 aromatic heterocycles. The van der Waals surface area contributed by atoms with Crippen LogP contribution in [0.25, 0.3) is 0 Å². The van der Waals surface area contributed by atoms with E-state index in [0.717, 1.165) is 5.56 Å². The zero-order valence-corrected chi connectivity index (χ0v) is 16.0. The van der Waals surface area contributed by atoms with Crippen molar-refractivity contribution in [2.45, 2.75) is 20.0 Å². The molecule has 1 amide bonds. The maximum absolute atomic E-state index is 12.0. The standard InChI is InChI=1S/C21H27NO5/c1-21(2,20(22)23)19(16-7-5-4-6-8-16)27-18-11-9-17(10-12-18)26-15-25-14-13-24-3/h4-12,19H,13-15H2,1-3H3,(H2,22,23). The van der Waals surface area contributed by atoms with Gasteiger partial charge in [-0.3, -0.25) is 4.79 Å². The summed E-state index contributed by atoms with van der Waals surface area (Å²) in [4.78, 5) is 12.0. The first kappa shape index (κ1) is 20.7. The van der Waals surface area contributed by atoms with Gasteiger partial charge in [-0.15, -0.1) is 0 Å². The maximum Gasteiger partial charge on any atom is 0.227 e. The fraction of sp³-hybridized carbons (Fsp3) is 0.381. The number of benzene rings is 2. The summed E-state index contributed by atoms with van der Waals surface area (Å²) in [6.07, 6.45) is -0.514. The number of amides is 1. The Balaban J connectivity index is 2.06. The third kappa shape index (κ3) is 5.98. The zero-order valence-electron chi connectivity index (χ0n) is 16.0. The van der Waals surface area contributed by atoms with Crippen LogP contribution in [0.2, 0.25) is 0 Å². The van der Waals surface area contributed by atoms with Gasteiger partial charge in [0.1, 0.15) is 17.6 Å². The number of carbonyl (C=O) groups is 1. The third-order valence-corrected chi connectivity index (χ3v) is 4.21. The molecule has 2 aromatic rings. The monoisotopic (exact) mass is 373 g/mol. The number of carbonyl (C=O) groups excluding carboxylic acids is 1. The average molecular weight is 373 g/mol. The third-order valence-electron chi connectivity index (χ3n) is 4.21. The van der Waals surface area contributed by atoms with Crippen molar-refractivity contribution in [2.75, 3.05) is 27.1 Å². The van der Waals surface area contributed by atoms with Gasteiger partial charge in [-0.2, -0.15) is 0 Å². The van der Waals surface area contributed by atoms with Gasteiger partial charge >= 0.3 is 0 Å². The topological polar surface area (TPSA) is 80.0 Å². The molecule has 27 heavy (non-hydrogen) atoms. The van der Waals surface area contributed by atoms with Crippen LogP contribution >= 0.6 is 0 Å². The van der Waals surface area contributed by atoms with Crippen molar-refractivity contribution in [2.24, 2.45) is 11.1 Å². The Kier molecular flexibility index (Phi) is 7.64. The maximum atomic E-state index is 12.0. The highest BCUT2D eigenvalue weighted by atomic mass is 16.7. The average Bonchev–Trinajstić information content (AvgIpc) is 2.67. The van der Waals surface area contributed by atoms with E-state index in [0.29, 0.717) is 24.7 Å². The number of hydrogen-bond acceptors (Lipinski definition) is 5. The van der Waals surface area contributed by atoms with Crippen LogP contribution in [0, 0.1) is 5.41 Å². The van der Waals surface area contributed by atoms with Crippen molar-refractivity contribution in [3.8, 4) is 11.5 Å². The van der Waals surface area contributed by atoms with Crippen molar-refractivity contribution in [3.05, 3.63) is 60.2 Å². The molecule has 0 radical (unpaired) electrons. The number of rotatable bonds is 11. The van der Waals surface area contributed by atoms with Crippen molar-refractivity contribution >= 4 is 5.91 Å². The van der Waals surface area contributed by atoms with Gasteiger partial charge in [-0.25, -0.2) is 0 Å². The quantitative estimate of drug-likeness (QED) is 0.483. The largest absolute Gasteiger partial charge is 0.485 e. The molecule has 6 heteroatoms. The molecule has 2 aromatic carbocycles. The van der Waals surface area contributed by atoms with E-state index in [9.17, 15) is 4.79 Å². The molecule has 0 aliphatic rings. The van der Waals surface area contributed by atoms with Crippen molar-refractivity contribution in [1.29, 1.82) is 0 Å². The van der Waals surface area contributed by atoms with E-state index < -0.39 is 17.4 Å². The van der Waals surface area contributed by atoms with E-state index >= 15 is 0 Å². The molecule has 0 aliphatic carbocycles. The van der Waals surface area contributed by atoms with Crippen LogP contribution in [0.4, 0.5) is 0 Å². The Bertz CT molecular complexity index is 700. The van der Waals surface area contributed by atoms with Gasteiger partial charge in [0.05, 0.1) is 18.6 Å². The lowest BCUT2D eigenvalue weighted by molar-refractivity contribution is -0.131. The van der Waals surface area contributed by atoms with E-state index in [1.54, 1.807) is 45.2 Å². The van der Waals surface area contributed by atoms with Gasteiger partial charge in [0.2, 0.25) is 5.91 Å². The highest BCUT2D eigenvalue weighted by Crippen LogP contribution is 2.37. The number of hydrogen-bond donors (Lipinski definition) is 1. The van der Waals surface area contributed by atoms with Crippen molar-refractivity contribution < 1.29 is 23.7 Å². The molecule has 1 unspecified atom stereocenters. The van der Waals surface area contributed by atoms with Crippen LogP contribution in [-0.2, 0) is 14.3 Å². The number of ether oxygens (including phenoxy) is 4. The summed E-state index contributed by atoms with van der Waals surface area (Å²) in [5, 5.41) is 0. The van der Waals surface area contributed by atoms with Crippen LogP contribution in [0.15, 0.2) is 54.6 Å². The van der Waals surface area contributed by atoms with Gasteiger partial charge in [-0.1, -0.05) is 30.3 Å². The number of methoxy groups -OCH3 is 1. The molecule has 146 valence electrons. The first-order valence-electron chi connectivity index (χ1n) is 8.76. The predicted octanol–water partition coefficient (Wildman–Crippen LogP) is 3.32. The summed E-state index contributed by atoms with van der Waals surface area (Å²) in [5.41, 5.74) is 5.61. The molecular weight excluding hydrogens is 346 g/mol. The van der Waals surface area contributed by atoms with E-state index in [-0.39, 0.29) is 6.79 Å². The fourth-order valence-corrected chi connectivity index (χ4v) is 2.45. The van der Waals surface area contributed by atoms with Gasteiger partial charge in [0.15, 0.2) is 6.79 Å². The normalized spacial score (nSPS) is 12.4. The van der Waals surface area contributed by atoms with Crippen LogP contribution in [-0.4, -0.2) is 33.0 Å². The molecule has 2 N–H and O–H groups in total. The highest BCUT2D eigenvalue weighted by Gasteiger charge is 2.38. The lowest BCUT2D eigenvalue weighted by Gasteiger charge is -2.32. The van der Waals surface area contributed by atoms with Crippen molar-refractivity contribution in [3.63, 3.8) is 0 Å². The second kappa shape index (κ2) is 9.94.